The summed E-state index contributed by atoms with van der Waals surface area (Å²) in [6, 6.07) is 10.5. The van der Waals surface area contributed by atoms with E-state index in [1.54, 1.807) is 24.5 Å². The van der Waals surface area contributed by atoms with Gasteiger partial charge in [0.05, 0.1) is 6.04 Å². The number of amides is 1. The summed E-state index contributed by atoms with van der Waals surface area (Å²) in [6.07, 6.45) is 12.2. The number of carbonyl (C=O) groups is 1. The van der Waals surface area contributed by atoms with Crippen molar-refractivity contribution in [2.75, 3.05) is 6.54 Å². The fourth-order valence-corrected chi connectivity index (χ4v) is 3.69. The number of nitrogens with zero attached hydrogens (tertiary/aromatic N) is 1. The van der Waals surface area contributed by atoms with Crippen molar-refractivity contribution in [3.8, 4) is 5.75 Å². The van der Waals surface area contributed by atoms with E-state index in [2.05, 4.69) is 48.5 Å². The van der Waals surface area contributed by atoms with E-state index in [9.17, 15) is 9.90 Å². The lowest BCUT2D eigenvalue weighted by Gasteiger charge is -2.25. The first-order valence-electron chi connectivity index (χ1n) is 12.0. The number of nitrogens with one attached hydrogen (secondary N) is 2. The van der Waals surface area contributed by atoms with Crippen LogP contribution in [-0.2, 0) is 11.2 Å². The molecule has 2 rings (SSSR count). The Morgan fingerprint density at radius 2 is 1.72 bits per heavy atom. The van der Waals surface area contributed by atoms with E-state index in [4.69, 9.17) is 5.73 Å². The van der Waals surface area contributed by atoms with Gasteiger partial charge in [0, 0.05) is 31.0 Å². The van der Waals surface area contributed by atoms with Crippen LogP contribution >= 0.6 is 37.2 Å². The topological polar surface area (TPSA) is 100 Å². The average molecular weight is 562 g/mol. The van der Waals surface area contributed by atoms with Gasteiger partial charge >= 0.3 is 0 Å². The molecule has 0 unspecified atom stereocenters. The van der Waals surface area contributed by atoms with E-state index in [-0.39, 0.29) is 61.0 Å². The molecule has 0 spiro atoms. The average Bonchev–Trinajstić information content (AvgIpc) is 2.80. The zero-order valence-corrected chi connectivity index (χ0v) is 23.9. The predicted molar refractivity (Wildman–Crippen MR) is 158 cm³/mol. The number of pyridine rings is 1. The third kappa shape index (κ3) is 14.7. The maximum Gasteiger partial charge on any atom is 0.237 e. The third-order valence-corrected chi connectivity index (χ3v) is 5.53. The van der Waals surface area contributed by atoms with Gasteiger partial charge in [0.25, 0.3) is 0 Å². The number of hydrogen-bond donors (Lipinski definition) is 4. The van der Waals surface area contributed by atoms with Gasteiger partial charge in [-0.15, -0.1) is 37.2 Å². The molecular weight excluding hydrogens is 519 g/mol. The van der Waals surface area contributed by atoms with Crippen LogP contribution in [0.2, 0.25) is 0 Å². The minimum atomic E-state index is -0.418. The highest BCUT2D eigenvalue weighted by molar-refractivity contribution is 5.86. The van der Waals surface area contributed by atoms with Crippen LogP contribution in [0.4, 0.5) is 0 Å². The van der Waals surface area contributed by atoms with Gasteiger partial charge in [-0.05, 0) is 60.6 Å². The Morgan fingerprint density at radius 3 is 2.31 bits per heavy atom. The predicted octanol–water partition coefficient (Wildman–Crippen LogP) is 5.32. The number of carbonyl (C=O) groups excluding carboxylic acids is 1. The number of halogens is 3. The molecule has 1 aromatic heterocycles. The Labute approximate surface area is 235 Å². The minimum Gasteiger partial charge on any atom is -0.508 e. The van der Waals surface area contributed by atoms with Crippen LogP contribution in [0.3, 0.4) is 0 Å². The fraction of sp³-hybridized carbons (Fsp3) is 0.481. The van der Waals surface area contributed by atoms with Crippen LogP contribution < -0.4 is 16.4 Å². The maximum atomic E-state index is 13.2. The number of phenols is 1. The highest BCUT2D eigenvalue weighted by Crippen LogP contribution is 2.14. The number of unbranched alkanes of at least 4 members (excludes halogenated alkanes) is 1. The first kappa shape index (κ1) is 36.3. The molecule has 2 aromatic rings. The van der Waals surface area contributed by atoms with Gasteiger partial charge in [0.15, 0.2) is 0 Å². The molecule has 204 valence electrons. The van der Waals surface area contributed by atoms with E-state index in [0.717, 1.165) is 36.8 Å². The van der Waals surface area contributed by atoms with Crippen LogP contribution in [0, 0.1) is 5.92 Å². The molecule has 9 heteroatoms. The molecule has 3 atom stereocenters. The molecule has 6 nitrogen and oxygen atoms in total. The zero-order valence-electron chi connectivity index (χ0n) is 21.4. The number of aromatic hydroxyl groups is 1. The molecule has 0 aliphatic heterocycles. The SMILES string of the molecule is CCCC[C@H](N)CNC(=O)[C@H](Cc1ccc(O)cc1)N[C@H](/C=C/c1ccncc1)CC(C)C.Cl.Cl.Cl. The normalized spacial score (nSPS) is 13.1. The molecule has 0 saturated carbocycles. The molecular formula is C27H43Cl3N4O2. The molecule has 5 N–H and O–H groups in total. The Kier molecular flexibility index (Phi) is 20.4. The fourth-order valence-electron chi connectivity index (χ4n) is 3.69. The summed E-state index contributed by atoms with van der Waals surface area (Å²) >= 11 is 0. The van der Waals surface area contributed by atoms with E-state index in [1.165, 1.54) is 0 Å². The second kappa shape index (κ2) is 20.3. The first-order chi connectivity index (χ1) is 15.9. The second-order valence-corrected chi connectivity index (χ2v) is 9.11. The summed E-state index contributed by atoms with van der Waals surface area (Å²) < 4.78 is 0. The Morgan fingerprint density at radius 1 is 1.08 bits per heavy atom. The van der Waals surface area contributed by atoms with Gasteiger partial charge in [-0.2, -0.15) is 0 Å². The lowest BCUT2D eigenvalue weighted by atomic mass is 9.99. The number of rotatable bonds is 14. The van der Waals surface area contributed by atoms with Gasteiger partial charge in [-0.1, -0.05) is 57.9 Å². The molecule has 0 aliphatic rings. The number of nitrogens with two attached hydrogens (primary N) is 1. The number of hydrogen-bond acceptors (Lipinski definition) is 5. The Balaban J connectivity index is 0. The van der Waals surface area contributed by atoms with Crippen molar-refractivity contribution in [3.05, 3.63) is 66.0 Å². The number of aromatic nitrogens is 1. The van der Waals surface area contributed by atoms with Crippen molar-refractivity contribution in [1.29, 1.82) is 0 Å². The quantitative estimate of drug-likeness (QED) is 0.250. The van der Waals surface area contributed by atoms with E-state index < -0.39 is 6.04 Å². The van der Waals surface area contributed by atoms with Crippen LogP contribution in [0.15, 0.2) is 54.9 Å². The van der Waals surface area contributed by atoms with Crippen LogP contribution in [0.1, 0.15) is 57.6 Å². The summed E-state index contributed by atoms with van der Waals surface area (Å²) in [5.41, 5.74) is 8.23. The van der Waals surface area contributed by atoms with Crippen LogP contribution in [0.25, 0.3) is 6.08 Å². The molecule has 1 heterocycles. The summed E-state index contributed by atoms with van der Waals surface area (Å²) in [5, 5.41) is 16.2. The van der Waals surface area contributed by atoms with Gasteiger partial charge in [-0.3, -0.25) is 15.1 Å². The largest absolute Gasteiger partial charge is 0.508 e. The molecule has 0 aliphatic carbocycles. The van der Waals surface area contributed by atoms with Crippen molar-refractivity contribution in [2.45, 2.75) is 71.0 Å². The highest BCUT2D eigenvalue weighted by atomic mass is 35.5. The van der Waals surface area contributed by atoms with Crippen molar-refractivity contribution >= 4 is 49.2 Å². The molecule has 0 radical (unpaired) electrons. The van der Waals surface area contributed by atoms with Crippen molar-refractivity contribution in [1.82, 2.24) is 15.6 Å². The summed E-state index contributed by atoms with van der Waals surface area (Å²) in [4.78, 5) is 17.2. The van der Waals surface area contributed by atoms with E-state index in [1.807, 2.05) is 24.3 Å². The standard InChI is InChI=1S/C27H40N4O2.3ClH/c1-4-5-6-23(28)19-30-27(33)26(18-22-8-11-25(32)12-9-22)31-24(17-20(2)3)10-7-21-13-15-29-16-14-21;;;/h7-16,20,23-24,26,31-32H,4-6,17-19,28H2,1-3H3,(H,30,33);3*1H/b10-7+;;;/t23-,24+,26-;;;/m0.../s1. The monoisotopic (exact) mass is 560 g/mol. The molecule has 0 bridgehead atoms. The number of phenolic OH excluding ortho intramolecular Hbond substituents is 1. The van der Waals surface area contributed by atoms with Crippen molar-refractivity contribution in [2.24, 2.45) is 11.7 Å². The first-order valence-corrected chi connectivity index (χ1v) is 12.0. The minimum absolute atomic E-state index is 0. The summed E-state index contributed by atoms with van der Waals surface area (Å²) in [6.45, 7) is 6.96. The van der Waals surface area contributed by atoms with Crippen LogP contribution in [0.5, 0.6) is 5.75 Å². The van der Waals surface area contributed by atoms with E-state index in [0.29, 0.717) is 18.9 Å². The molecule has 0 saturated heterocycles. The van der Waals surface area contributed by atoms with E-state index >= 15 is 0 Å². The van der Waals surface area contributed by atoms with Crippen molar-refractivity contribution in [3.63, 3.8) is 0 Å². The molecule has 0 fully saturated rings. The lowest BCUT2D eigenvalue weighted by Crippen LogP contribution is -2.51. The third-order valence-electron chi connectivity index (χ3n) is 5.53. The smallest absolute Gasteiger partial charge is 0.237 e. The van der Waals surface area contributed by atoms with Gasteiger partial charge in [0.1, 0.15) is 5.75 Å². The highest BCUT2D eigenvalue weighted by Gasteiger charge is 2.22. The van der Waals surface area contributed by atoms with Gasteiger partial charge in [-0.25, -0.2) is 0 Å². The zero-order chi connectivity index (χ0) is 24.1. The molecule has 1 aromatic carbocycles. The summed E-state index contributed by atoms with van der Waals surface area (Å²) in [5.74, 6) is 0.623. The second-order valence-electron chi connectivity index (χ2n) is 9.11. The Hall–Kier alpha value is -1.83. The Bertz CT molecular complexity index is 852. The maximum absolute atomic E-state index is 13.2. The van der Waals surface area contributed by atoms with Gasteiger partial charge in [0.2, 0.25) is 5.91 Å². The van der Waals surface area contributed by atoms with Crippen LogP contribution in [-0.4, -0.2) is 40.7 Å². The molecule has 1 amide bonds. The lowest BCUT2D eigenvalue weighted by molar-refractivity contribution is -0.123. The number of benzene rings is 1. The summed E-state index contributed by atoms with van der Waals surface area (Å²) in [7, 11) is 0. The van der Waals surface area contributed by atoms with Crippen molar-refractivity contribution < 1.29 is 9.90 Å². The molecule has 36 heavy (non-hydrogen) atoms. The van der Waals surface area contributed by atoms with Gasteiger partial charge < -0.3 is 16.2 Å².